The van der Waals surface area contributed by atoms with Gasteiger partial charge in [0.25, 0.3) is 0 Å². The van der Waals surface area contributed by atoms with Crippen LogP contribution < -0.4 is 4.90 Å². The minimum atomic E-state index is -1.16. The molecule has 0 unspecified atom stereocenters. The minimum absolute atomic E-state index is 0.00289. The molecule has 7 heteroatoms. The molecule has 0 saturated carbocycles. The number of morpholine rings is 1. The summed E-state index contributed by atoms with van der Waals surface area (Å²) < 4.78 is 10.9. The van der Waals surface area contributed by atoms with Crippen LogP contribution >= 0.6 is 0 Å². The van der Waals surface area contributed by atoms with E-state index in [-0.39, 0.29) is 18.8 Å². The monoisotopic (exact) mass is 366 g/mol. The molecular weight excluding hydrogens is 344 g/mol. The molecule has 0 spiro atoms. The zero-order valence-corrected chi connectivity index (χ0v) is 15.5. The molecular formula is C20H22N4O3. The summed E-state index contributed by atoms with van der Waals surface area (Å²) in [5.74, 6) is -1.29. The first-order valence-corrected chi connectivity index (χ1v) is 8.87. The van der Waals surface area contributed by atoms with Gasteiger partial charge in [0.1, 0.15) is 12.3 Å². The highest BCUT2D eigenvalue weighted by molar-refractivity contribution is 5.85. The minimum Gasteiger partial charge on any atom is -0.460 e. The molecule has 0 aliphatic carbocycles. The second kappa shape index (κ2) is 8.14. The van der Waals surface area contributed by atoms with Crippen molar-refractivity contribution in [3.05, 3.63) is 42.6 Å². The number of fused-ring (bicyclic) bond motifs is 1. The summed E-state index contributed by atoms with van der Waals surface area (Å²) in [4.78, 5) is 23.8. The van der Waals surface area contributed by atoms with Crippen LogP contribution in [0.3, 0.4) is 0 Å². The largest absolute Gasteiger partial charge is 0.460 e. The highest BCUT2D eigenvalue weighted by Crippen LogP contribution is 2.29. The molecule has 140 valence electrons. The van der Waals surface area contributed by atoms with E-state index in [0.29, 0.717) is 35.6 Å². The van der Waals surface area contributed by atoms with Gasteiger partial charge in [-0.25, -0.2) is 9.97 Å². The van der Waals surface area contributed by atoms with Gasteiger partial charge >= 0.3 is 5.97 Å². The maximum Gasteiger partial charge on any atom is 0.330 e. The van der Waals surface area contributed by atoms with Crippen molar-refractivity contribution in [1.29, 1.82) is 5.26 Å². The van der Waals surface area contributed by atoms with Gasteiger partial charge in [-0.3, -0.25) is 4.79 Å². The normalized spacial score (nSPS) is 20.7. The van der Waals surface area contributed by atoms with Crippen LogP contribution in [0.25, 0.3) is 11.0 Å². The standard InChI is InChI=1S/C20H22N4O3/c1-4-9-26-20(25)15(10-21)18-19(24-11-13(2)27-14(3)12-24)23-17-8-6-5-7-16(17)22-18/h4-8,13-15H,1,9,11-12H2,2-3H3/t13-,14+,15-/m0/s1. The maximum absolute atomic E-state index is 12.4. The number of aromatic nitrogens is 2. The summed E-state index contributed by atoms with van der Waals surface area (Å²) in [7, 11) is 0. The van der Waals surface area contributed by atoms with Crippen molar-refractivity contribution in [3.8, 4) is 6.07 Å². The van der Waals surface area contributed by atoms with Crippen LogP contribution in [0.2, 0.25) is 0 Å². The van der Waals surface area contributed by atoms with Crippen LogP contribution in [0.5, 0.6) is 0 Å². The first kappa shape index (κ1) is 18.8. The van der Waals surface area contributed by atoms with Crippen molar-refractivity contribution in [2.24, 2.45) is 0 Å². The average molecular weight is 366 g/mol. The van der Waals surface area contributed by atoms with Gasteiger partial charge in [-0.1, -0.05) is 24.8 Å². The van der Waals surface area contributed by atoms with Crippen LogP contribution in [-0.4, -0.2) is 47.8 Å². The van der Waals surface area contributed by atoms with Gasteiger partial charge in [-0.05, 0) is 26.0 Å². The summed E-state index contributed by atoms with van der Waals surface area (Å²) in [6, 6.07) is 9.42. The summed E-state index contributed by atoms with van der Waals surface area (Å²) in [6.07, 6.45) is 1.47. The second-order valence-electron chi connectivity index (χ2n) is 6.56. The fraction of sp³-hybridized carbons (Fsp3) is 0.400. The lowest BCUT2D eigenvalue weighted by Gasteiger charge is -2.37. The molecule has 0 amide bonds. The molecule has 1 saturated heterocycles. The number of carbonyl (C=O) groups is 1. The van der Waals surface area contributed by atoms with Gasteiger partial charge < -0.3 is 14.4 Å². The van der Waals surface area contributed by atoms with Gasteiger partial charge in [0.15, 0.2) is 11.7 Å². The molecule has 7 nitrogen and oxygen atoms in total. The Hall–Kier alpha value is -2.98. The molecule has 1 aromatic carbocycles. The molecule has 3 rings (SSSR count). The summed E-state index contributed by atoms with van der Waals surface area (Å²) in [5, 5.41) is 9.66. The van der Waals surface area contributed by atoms with E-state index in [1.54, 1.807) is 0 Å². The van der Waals surface area contributed by atoms with E-state index in [4.69, 9.17) is 14.5 Å². The van der Waals surface area contributed by atoms with Crippen molar-refractivity contribution in [1.82, 2.24) is 9.97 Å². The van der Waals surface area contributed by atoms with Gasteiger partial charge in [-0.15, -0.1) is 0 Å². The van der Waals surface area contributed by atoms with E-state index >= 15 is 0 Å². The van der Waals surface area contributed by atoms with Crippen LogP contribution in [0.4, 0.5) is 5.82 Å². The molecule has 0 N–H and O–H groups in total. The number of anilines is 1. The van der Waals surface area contributed by atoms with E-state index < -0.39 is 11.9 Å². The van der Waals surface area contributed by atoms with Crippen molar-refractivity contribution < 1.29 is 14.3 Å². The molecule has 2 aromatic rings. The SMILES string of the molecule is C=CCOC(=O)[C@@H](C#N)c1nc2ccccc2nc1N1C[C@@H](C)O[C@@H](C)C1. The first-order valence-electron chi connectivity index (χ1n) is 8.87. The Morgan fingerprint density at radius 1 is 1.37 bits per heavy atom. The third kappa shape index (κ3) is 4.07. The fourth-order valence-electron chi connectivity index (χ4n) is 3.23. The number of para-hydroxylation sites is 2. The number of benzene rings is 1. The Morgan fingerprint density at radius 3 is 2.59 bits per heavy atom. The molecule has 1 fully saturated rings. The van der Waals surface area contributed by atoms with Crippen LogP contribution in [0.1, 0.15) is 25.5 Å². The second-order valence-corrected chi connectivity index (χ2v) is 6.56. The van der Waals surface area contributed by atoms with E-state index in [1.165, 1.54) is 6.08 Å². The number of esters is 1. The van der Waals surface area contributed by atoms with E-state index in [2.05, 4.69) is 11.6 Å². The van der Waals surface area contributed by atoms with Crippen LogP contribution in [-0.2, 0) is 14.3 Å². The molecule has 0 bridgehead atoms. The first-order chi connectivity index (χ1) is 13.0. The Balaban J connectivity index is 2.09. The Morgan fingerprint density at radius 2 is 2.00 bits per heavy atom. The van der Waals surface area contributed by atoms with Crippen LogP contribution in [0, 0.1) is 11.3 Å². The highest BCUT2D eigenvalue weighted by Gasteiger charge is 2.32. The Kier molecular flexibility index (Phi) is 5.67. The lowest BCUT2D eigenvalue weighted by molar-refractivity contribution is -0.142. The van der Waals surface area contributed by atoms with E-state index in [1.807, 2.05) is 49.1 Å². The predicted octanol–water partition coefficient (Wildman–Crippen LogP) is 2.58. The molecule has 1 aliphatic rings. The number of hydrogen-bond donors (Lipinski definition) is 0. The topological polar surface area (TPSA) is 88.3 Å². The van der Waals surface area contributed by atoms with Crippen molar-refractivity contribution in [2.45, 2.75) is 32.0 Å². The van der Waals surface area contributed by atoms with Gasteiger partial charge in [0.2, 0.25) is 0 Å². The summed E-state index contributed by atoms with van der Waals surface area (Å²) >= 11 is 0. The third-order valence-corrected chi connectivity index (χ3v) is 4.28. The zero-order valence-electron chi connectivity index (χ0n) is 15.5. The number of rotatable bonds is 5. The van der Waals surface area contributed by atoms with Gasteiger partial charge in [-0.2, -0.15) is 5.26 Å². The number of nitrogens with zero attached hydrogens (tertiary/aromatic N) is 4. The van der Waals surface area contributed by atoms with Gasteiger partial charge in [0, 0.05) is 13.1 Å². The quantitative estimate of drug-likeness (QED) is 0.593. The summed E-state index contributed by atoms with van der Waals surface area (Å²) in [5.41, 5.74) is 1.65. The summed E-state index contributed by atoms with van der Waals surface area (Å²) in [6.45, 7) is 8.74. The average Bonchev–Trinajstić information content (AvgIpc) is 2.65. The van der Waals surface area contributed by atoms with Crippen LogP contribution in [0.15, 0.2) is 36.9 Å². The smallest absolute Gasteiger partial charge is 0.330 e. The van der Waals surface area contributed by atoms with Gasteiger partial charge in [0.05, 0.1) is 29.3 Å². The van der Waals surface area contributed by atoms with E-state index in [0.717, 1.165) is 0 Å². The molecule has 1 aromatic heterocycles. The molecule has 3 atom stereocenters. The number of ether oxygens (including phenoxy) is 2. The Labute approximate surface area is 158 Å². The van der Waals surface area contributed by atoms with Crippen molar-refractivity contribution in [3.63, 3.8) is 0 Å². The zero-order chi connectivity index (χ0) is 19.4. The number of nitriles is 1. The maximum atomic E-state index is 12.4. The van der Waals surface area contributed by atoms with E-state index in [9.17, 15) is 10.1 Å². The molecule has 0 radical (unpaired) electrons. The number of hydrogen-bond acceptors (Lipinski definition) is 7. The predicted molar refractivity (Wildman–Crippen MR) is 101 cm³/mol. The lowest BCUT2D eigenvalue weighted by Crippen LogP contribution is -2.46. The number of carbonyl (C=O) groups excluding carboxylic acids is 1. The van der Waals surface area contributed by atoms with Crippen molar-refractivity contribution >= 4 is 22.8 Å². The molecule has 2 heterocycles. The molecule has 1 aliphatic heterocycles. The molecule has 27 heavy (non-hydrogen) atoms. The third-order valence-electron chi connectivity index (χ3n) is 4.28. The van der Waals surface area contributed by atoms with Crippen molar-refractivity contribution in [2.75, 3.05) is 24.6 Å². The fourth-order valence-corrected chi connectivity index (χ4v) is 3.23. The lowest BCUT2D eigenvalue weighted by atomic mass is 10.1. The Bertz CT molecular complexity index is 882. The highest BCUT2D eigenvalue weighted by atomic mass is 16.5.